The lowest BCUT2D eigenvalue weighted by atomic mass is 10.2. The van der Waals surface area contributed by atoms with Crippen molar-refractivity contribution in [1.29, 1.82) is 0 Å². The van der Waals surface area contributed by atoms with Crippen LogP contribution in [0.25, 0.3) is 0 Å². The van der Waals surface area contributed by atoms with Crippen LogP contribution in [0.4, 0.5) is 5.69 Å². The molecule has 0 fully saturated rings. The van der Waals surface area contributed by atoms with Crippen molar-refractivity contribution in [2.45, 2.75) is 26.8 Å². The fourth-order valence-electron chi connectivity index (χ4n) is 2.01. The van der Waals surface area contributed by atoms with Gasteiger partial charge < -0.3 is 9.88 Å². The third-order valence-electron chi connectivity index (χ3n) is 3.04. The number of nitrogens with one attached hydrogen (secondary N) is 1. The van der Waals surface area contributed by atoms with Gasteiger partial charge in [-0.1, -0.05) is 27.5 Å². The Balaban J connectivity index is 2.28. The van der Waals surface area contributed by atoms with E-state index in [9.17, 15) is 4.79 Å². The van der Waals surface area contributed by atoms with Crippen LogP contribution in [0.1, 0.15) is 35.9 Å². The van der Waals surface area contributed by atoms with Gasteiger partial charge in [-0.15, -0.1) is 0 Å². The molecule has 2 rings (SSSR count). The quantitative estimate of drug-likeness (QED) is 0.821. The number of carbonyl (C=O) groups is 1. The second-order valence-corrected chi connectivity index (χ2v) is 6.31. The van der Waals surface area contributed by atoms with Crippen molar-refractivity contribution < 1.29 is 4.79 Å². The van der Waals surface area contributed by atoms with Gasteiger partial charge in [-0.2, -0.15) is 0 Å². The number of hydrogen-bond donors (Lipinski definition) is 1. The SMILES string of the molecule is Cc1cc(Br)ccc1NC(=O)c1cc(Cl)cn1C(C)C. The highest BCUT2D eigenvalue weighted by atomic mass is 79.9. The van der Waals surface area contributed by atoms with E-state index in [0.717, 1.165) is 15.7 Å². The van der Waals surface area contributed by atoms with Gasteiger partial charge in [0, 0.05) is 22.4 Å². The molecule has 20 heavy (non-hydrogen) atoms. The molecule has 0 saturated carbocycles. The van der Waals surface area contributed by atoms with Crippen LogP contribution < -0.4 is 5.32 Å². The minimum atomic E-state index is -0.156. The molecule has 1 heterocycles. The molecule has 1 N–H and O–H groups in total. The number of amides is 1. The zero-order valence-corrected chi connectivity index (χ0v) is 13.9. The van der Waals surface area contributed by atoms with E-state index in [4.69, 9.17) is 11.6 Å². The first-order chi connectivity index (χ1) is 9.38. The third kappa shape index (κ3) is 3.25. The van der Waals surface area contributed by atoms with Crippen LogP contribution in [-0.4, -0.2) is 10.5 Å². The van der Waals surface area contributed by atoms with Gasteiger partial charge in [-0.05, 0) is 50.6 Å². The van der Waals surface area contributed by atoms with Crippen LogP contribution in [0.2, 0.25) is 5.02 Å². The maximum absolute atomic E-state index is 12.4. The van der Waals surface area contributed by atoms with E-state index >= 15 is 0 Å². The summed E-state index contributed by atoms with van der Waals surface area (Å²) in [5, 5.41) is 3.49. The Kier molecular flexibility index (Phi) is 4.55. The first kappa shape index (κ1) is 15.1. The summed E-state index contributed by atoms with van der Waals surface area (Å²) >= 11 is 9.41. The molecular weight excluding hydrogens is 340 g/mol. The summed E-state index contributed by atoms with van der Waals surface area (Å²) in [6, 6.07) is 7.60. The van der Waals surface area contributed by atoms with Gasteiger partial charge in [0.05, 0.1) is 5.02 Å². The lowest BCUT2D eigenvalue weighted by Gasteiger charge is -2.13. The van der Waals surface area contributed by atoms with Crippen molar-refractivity contribution >= 4 is 39.1 Å². The highest BCUT2D eigenvalue weighted by Gasteiger charge is 2.15. The van der Waals surface area contributed by atoms with Crippen LogP contribution in [0, 0.1) is 6.92 Å². The molecule has 0 atom stereocenters. The molecule has 0 bridgehead atoms. The Hall–Kier alpha value is -1.26. The number of benzene rings is 1. The molecule has 0 aliphatic heterocycles. The number of rotatable bonds is 3. The number of nitrogens with zero attached hydrogens (tertiary/aromatic N) is 1. The van der Waals surface area contributed by atoms with Gasteiger partial charge in [0.2, 0.25) is 0 Å². The highest BCUT2D eigenvalue weighted by Crippen LogP contribution is 2.23. The van der Waals surface area contributed by atoms with Crippen LogP contribution in [0.3, 0.4) is 0 Å². The molecule has 0 aliphatic rings. The molecule has 0 aliphatic carbocycles. The summed E-state index contributed by atoms with van der Waals surface area (Å²) in [7, 11) is 0. The summed E-state index contributed by atoms with van der Waals surface area (Å²) in [5.74, 6) is -0.156. The number of halogens is 2. The first-order valence-electron chi connectivity index (χ1n) is 6.33. The third-order valence-corrected chi connectivity index (χ3v) is 3.74. The zero-order chi connectivity index (χ0) is 14.9. The Bertz CT molecular complexity index is 649. The fourth-order valence-corrected chi connectivity index (χ4v) is 2.69. The maximum Gasteiger partial charge on any atom is 0.272 e. The van der Waals surface area contributed by atoms with E-state index in [2.05, 4.69) is 21.2 Å². The molecule has 0 spiro atoms. The Morgan fingerprint density at radius 2 is 2.05 bits per heavy atom. The first-order valence-corrected chi connectivity index (χ1v) is 7.50. The van der Waals surface area contributed by atoms with E-state index in [1.54, 1.807) is 12.3 Å². The van der Waals surface area contributed by atoms with E-state index in [-0.39, 0.29) is 11.9 Å². The van der Waals surface area contributed by atoms with Crippen molar-refractivity contribution in [3.8, 4) is 0 Å². The summed E-state index contributed by atoms with van der Waals surface area (Å²) in [6.45, 7) is 5.98. The Morgan fingerprint density at radius 1 is 1.35 bits per heavy atom. The highest BCUT2D eigenvalue weighted by molar-refractivity contribution is 9.10. The number of carbonyl (C=O) groups excluding carboxylic acids is 1. The molecule has 1 aromatic heterocycles. The molecule has 0 saturated heterocycles. The molecule has 3 nitrogen and oxygen atoms in total. The fraction of sp³-hybridized carbons (Fsp3) is 0.267. The summed E-state index contributed by atoms with van der Waals surface area (Å²) < 4.78 is 2.85. The molecule has 2 aromatic rings. The van der Waals surface area contributed by atoms with E-state index in [1.165, 1.54) is 0 Å². The molecule has 1 amide bonds. The van der Waals surface area contributed by atoms with Gasteiger partial charge in [0.25, 0.3) is 5.91 Å². The van der Waals surface area contributed by atoms with Crippen LogP contribution in [0.5, 0.6) is 0 Å². The summed E-state index contributed by atoms with van der Waals surface area (Å²) in [6.07, 6.45) is 1.77. The molecule has 0 unspecified atom stereocenters. The van der Waals surface area contributed by atoms with Crippen LogP contribution in [0.15, 0.2) is 34.9 Å². The average Bonchev–Trinajstić information content (AvgIpc) is 2.75. The maximum atomic E-state index is 12.4. The normalized spacial score (nSPS) is 10.9. The smallest absolute Gasteiger partial charge is 0.272 e. The summed E-state index contributed by atoms with van der Waals surface area (Å²) in [5.41, 5.74) is 2.36. The molecule has 5 heteroatoms. The van der Waals surface area contributed by atoms with E-state index in [0.29, 0.717) is 10.7 Å². The molecule has 1 aromatic carbocycles. The molecule has 106 valence electrons. The van der Waals surface area contributed by atoms with Crippen molar-refractivity contribution in [2.24, 2.45) is 0 Å². The average molecular weight is 356 g/mol. The van der Waals surface area contributed by atoms with E-state index < -0.39 is 0 Å². The minimum absolute atomic E-state index is 0.156. The van der Waals surface area contributed by atoms with Gasteiger partial charge >= 0.3 is 0 Å². The molecule has 0 radical (unpaired) electrons. The minimum Gasteiger partial charge on any atom is -0.339 e. The van der Waals surface area contributed by atoms with Crippen molar-refractivity contribution in [3.05, 3.63) is 51.2 Å². The topological polar surface area (TPSA) is 34.0 Å². The van der Waals surface area contributed by atoms with Gasteiger partial charge in [0.1, 0.15) is 5.69 Å². The van der Waals surface area contributed by atoms with Gasteiger partial charge in [-0.3, -0.25) is 4.79 Å². The van der Waals surface area contributed by atoms with Crippen molar-refractivity contribution in [2.75, 3.05) is 5.32 Å². The van der Waals surface area contributed by atoms with Crippen molar-refractivity contribution in [1.82, 2.24) is 4.57 Å². The lowest BCUT2D eigenvalue weighted by molar-refractivity contribution is 0.101. The van der Waals surface area contributed by atoms with Crippen LogP contribution in [-0.2, 0) is 0 Å². The predicted molar refractivity (Wildman–Crippen MR) is 86.7 cm³/mol. The van der Waals surface area contributed by atoms with Gasteiger partial charge in [-0.25, -0.2) is 0 Å². The standard InChI is InChI=1S/C15H16BrClN2O/c1-9(2)19-8-12(17)7-14(19)15(20)18-13-5-4-11(16)6-10(13)3/h4-9H,1-3H3,(H,18,20). The number of anilines is 1. The van der Waals surface area contributed by atoms with Crippen molar-refractivity contribution in [3.63, 3.8) is 0 Å². The number of hydrogen-bond acceptors (Lipinski definition) is 1. The predicted octanol–water partition coefficient (Wildman–Crippen LogP) is 5.05. The molecular formula is C15H16BrClN2O. The number of aromatic nitrogens is 1. The van der Waals surface area contributed by atoms with E-state index in [1.807, 2.05) is 43.5 Å². The largest absolute Gasteiger partial charge is 0.339 e. The Morgan fingerprint density at radius 3 is 2.65 bits per heavy atom. The summed E-state index contributed by atoms with van der Waals surface area (Å²) in [4.78, 5) is 12.4. The second-order valence-electron chi connectivity index (χ2n) is 4.96. The lowest BCUT2D eigenvalue weighted by Crippen LogP contribution is -2.18. The zero-order valence-electron chi connectivity index (χ0n) is 11.6. The van der Waals surface area contributed by atoms with Crippen LogP contribution >= 0.6 is 27.5 Å². The number of aryl methyl sites for hydroxylation is 1. The Labute approximate surface area is 132 Å². The van der Waals surface area contributed by atoms with Gasteiger partial charge in [0.15, 0.2) is 0 Å². The monoisotopic (exact) mass is 354 g/mol. The second kappa shape index (κ2) is 6.02.